The monoisotopic (exact) mass is 418 g/mol. The van der Waals surface area contributed by atoms with E-state index in [0.29, 0.717) is 35.1 Å². The molecule has 0 unspecified atom stereocenters. The van der Waals surface area contributed by atoms with Gasteiger partial charge >= 0.3 is 0 Å². The van der Waals surface area contributed by atoms with E-state index in [-0.39, 0.29) is 18.5 Å². The number of hydrogen-bond donors (Lipinski definition) is 1. The Hall–Kier alpha value is -0.760. The first-order chi connectivity index (χ1) is 10.1. The van der Waals surface area contributed by atoms with Crippen molar-refractivity contribution in [2.24, 2.45) is 0 Å². The fourth-order valence-corrected chi connectivity index (χ4v) is 3.56. The van der Waals surface area contributed by atoms with Crippen LogP contribution in [0.2, 0.25) is 0 Å². The standard InChI is InChI=1S/C14H13Br2FN2O2/c15-11-5-9(17)3-8-4-12(16)14(18-13(8)11)19-1-2-21-7-10(19)6-20/h3-5,10,20H,1-2,6-7H2/t10-/m1/s1. The van der Waals surface area contributed by atoms with Gasteiger partial charge in [0.2, 0.25) is 0 Å². The zero-order valence-electron chi connectivity index (χ0n) is 11.0. The quantitative estimate of drug-likeness (QED) is 0.812. The Kier molecular flexibility index (Phi) is 4.44. The van der Waals surface area contributed by atoms with Gasteiger partial charge in [-0.05, 0) is 50.1 Å². The van der Waals surface area contributed by atoms with Crippen LogP contribution in [0.4, 0.5) is 10.2 Å². The van der Waals surface area contributed by atoms with Crippen LogP contribution in [0.5, 0.6) is 0 Å². The molecule has 1 saturated heterocycles. The van der Waals surface area contributed by atoms with Gasteiger partial charge in [0, 0.05) is 16.4 Å². The van der Waals surface area contributed by atoms with E-state index < -0.39 is 0 Å². The van der Waals surface area contributed by atoms with E-state index in [0.717, 1.165) is 10.3 Å². The second-order valence-corrected chi connectivity index (χ2v) is 6.57. The van der Waals surface area contributed by atoms with Gasteiger partial charge in [0.25, 0.3) is 0 Å². The molecule has 1 aromatic heterocycles. The Morgan fingerprint density at radius 3 is 2.90 bits per heavy atom. The number of fused-ring (bicyclic) bond motifs is 1. The number of morpholine rings is 1. The van der Waals surface area contributed by atoms with Crippen molar-refractivity contribution in [3.63, 3.8) is 0 Å². The molecule has 2 aromatic rings. The van der Waals surface area contributed by atoms with Gasteiger partial charge in [0.15, 0.2) is 0 Å². The summed E-state index contributed by atoms with van der Waals surface area (Å²) in [6, 6.07) is 4.56. The lowest BCUT2D eigenvalue weighted by Crippen LogP contribution is -2.48. The summed E-state index contributed by atoms with van der Waals surface area (Å²) in [7, 11) is 0. The summed E-state index contributed by atoms with van der Waals surface area (Å²) < 4.78 is 20.2. The second kappa shape index (κ2) is 6.16. The zero-order chi connectivity index (χ0) is 15.0. The number of pyridine rings is 1. The molecule has 1 aliphatic rings. The highest BCUT2D eigenvalue weighted by Gasteiger charge is 2.25. The van der Waals surface area contributed by atoms with Crippen LogP contribution in [0.25, 0.3) is 10.9 Å². The van der Waals surface area contributed by atoms with E-state index in [2.05, 4.69) is 36.8 Å². The largest absolute Gasteiger partial charge is 0.394 e. The smallest absolute Gasteiger partial charge is 0.144 e. The van der Waals surface area contributed by atoms with Gasteiger partial charge in [-0.15, -0.1) is 0 Å². The molecular weight excluding hydrogens is 407 g/mol. The SMILES string of the molecule is OC[C@@H]1COCCN1c1nc2c(Br)cc(F)cc2cc1Br. The first-order valence-electron chi connectivity index (χ1n) is 6.50. The molecule has 0 aliphatic carbocycles. The number of anilines is 1. The Balaban J connectivity index is 2.12. The summed E-state index contributed by atoms with van der Waals surface area (Å²) in [6.07, 6.45) is 0. The molecule has 0 radical (unpaired) electrons. The third-order valence-electron chi connectivity index (χ3n) is 3.48. The van der Waals surface area contributed by atoms with Crippen molar-refractivity contribution < 1.29 is 14.2 Å². The number of halogens is 3. The normalized spacial score (nSPS) is 19.2. The van der Waals surface area contributed by atoms with Crippen molar-refractivity contribution in [2.45, 2.75) is 6.04 Å². The Morgan fingerprint density at radius 2 is 2.14 bits per heavy atom. The molecule has 1 fully saturated rings. The molecule has 2 heterocycles. The molecule has 0 saturated carbocycles. The molecule has 0 spiro atoms. The number of hydrogen-bond acceptors (Lipinski definition) is 4. The molecule has 4 nitrogen and oxygen atoms in total. The fraction of sp³-hybridized carbons (Fsp3) is 0.357. The van der Waals surface area contributed by atoms with E-state index in [1.165, 1.54) is 12.1 Å². The fourth-order valence-electron chi connectivity index (χ4n) is 2.46. The molecule has 1 N–H and O–H groups in total. The molecule has 0 bridgehead atoms. The Morgan fingerprint density at radius 1 is 1.33 bits per heavy atom. The minimum absolute atomic E-state index is 0.00323. The predicted molar refractivity (Wildman–Crippen MR) is 86.1 cm³/mol. The van der Waals surface area contributed by atoms with Crippen LogP contribution in [0.3, 0.4) is 0 Å². The second-order valence-electron chi connectivity index (χ2n) is 4.86. The van der Waals surface area contributed by atoms with Crippen molar-refractivity contribution in [2.75, 3.05) is 31.3 Å². The first-order valence-corrected chi connectivity index (χ1v) is 8.09. The number of ether oxygens (including phenoxy) is 1. The Bertz CT molecular complexity index is 684. The van der Waals surface area contributed by atoms with Crippen LogP contribution in [-0.4, -0.2) is 42.5 Å². The van der Waals surface area contributed by atoms with Gasteiger partial charge in [-0.25, -0.2) is 9.37 Å². The number of rotatable bonds is 2. The van der Waals surface area contributed by atoms with Gasteiger partial charge in [-0.1, -0.05) is 0 Å². The lowest BCUT2D eigenvalue weighted by molar-refractivity contribution is 0.0722. The van der Waals surface area contributed by atoms with Gasteiger partial charge in [0.05, 0.1) is 35.9 Å². The van der Waals surface area contributed by atoms with Crippen molar-refractivity contribution in [3.8, 4) is 0 Å². The van der Waals surface area contributed by atoms with E-state index in [1.54, 1.807) is 0 Å². The van der Waals surface area contributed by atoms with Crippen LogP contribution in [-0.2, 0) is 4.74 Å². The highest BCUT2D eigenvalue weighted by molar-refractivity contribution is 9.11. The number of nitrogens with zero attached hydrogens (tertiary/aromatic N) is 2. The third kappa shape index (κ3) is 2.92. The summed E-state index contributed by atoms with van der Waals surface area (Å²) in [4.78, 5) is 6.65. The van der Waals surface area contributed by atoms with E-state index >= 15 is 0 Å². The average Bonchev–Trinajstić information content (AvgIpc) is 2.46. The number of aliphatic hydroxyl groups excluding tert-OH is 1. The first kappa shape index (κ1) is 15.1. The molecule has 0 amide bonds. The predicted octanol–water partition coefficient (Wildman–Crippen LogP) is 3.10. The van der Waals surface area contributed by atoms with Crippen LogP contribution >= 0.6 is 31.9 Å². The Labute approximate surface area is 138 Å². The lowest BCUT2D eigenvalue weighted by atomic mass is 10.2. The van der Waals surface area contributed by atoms with E-state index in [1.807, 2.05) is 11.0 Å². The minimum atomic E-state index is -0.310. The topological polar surface area (TPSA) is 45.6 Å². The zero-order valence-corrected chi connectivity index (χ0v) is 14.2. The average molecular weight is 420 g/mol. The van der Waals surface area contributed by atoms with Crippen LogP contribution < -0.4 is 4.90 Å². The lowest BCUT2D eigenvalue weighted by Gasteiger charge is -2.36. The summed E-state index contributed by atoms with van der Waals surface area (Å²) >= 11 is 6.85. The molecule has 3 rings (SSSR count). The maximum Gasteiger partial charge on any atom is 0.144 e. The number of benzene rings is 1. The van der Waals surface area contributed by atoms with Gasteiger partial charge in [-0.3, -0.25) is 0 Å². The van der Waals surface area contributed by atoms with Crippen molar-refractivity contribution >= 4 is 48.6 Å². The van der Waals surface area contributed by atoms with E-state index in [9.17, 15) is 9.50 Å². The summed E-state index contributed by atoms with van der Waals surface area (Å²) in [5.74, 6) is 0.424. The van der Waals surface area contributed by atoms with Crippen molar-refractivity contribution in [1.29, 1.82) is 0 Å². The van der Waals surface area contributed by atoms with Gasteiger partial charge in [-0.2, -0.15) is 0 Å². The summed E-state index contributed by atoms with van der Waals surface area (Å²) in [5, 5.41) is 10.2. The molecule has 1 aliphatic heterocycles. The van der Waals surface area contributed by atoms with Crippen LogP contribution in [0, 0.1) is 5.82 Å². The van der Waals surface area contributed by atoms with Gasteiger partial charge < -0.3 is 14.7 Å². The van der Waals surface area contributed by atoms with Crippen LogP contribution in [0.15, 0.2) is 27.1 Å². The molecule has 112 valence electrons. The molecule has 7 heteroatoms. The number of aliphatic hydroxyl groups is 1. The maximum atomic E-state index is 13.5. The highest BCUT2D eigenvalue weighted by atomic mass is 79.9. The van der Waals surface area contributed by atoms with Crippen molar-refractivity contribution in [3.05, 3.63) is 33.0 Å². The molecule has 1 aromatic carbocycles. The molecule has 1 atom stereocenters. The maximum absolute atomic E-state index is 13.5. The van der Waals surface area contributed by atoms with Gasteiger partial charge in [0.1, 0.15) is 11.6 Å². The van der Waals surface area contributed by atoms with Crippen molar-refractivity contribution in [1.82, 2.24) is 4.98 Å². The molecular formula is C14H13Br2FN2O2. The summed E-state index contributed by atoms with van der Waals surface area (Å²) in [5.41, 5.74) is 0.692. The number of aromatic nitrogens is 1. The van der Waals surface area contributed by atoms with Crippen LogP contribution in [0.1, 0.15) is 0 Å². The molecule has 21 heavy (non-hydrogen) atoms. The minimum Gasteiger partial charge on any atom is -0.394 e. The highest BCUT2D eigenvalue weighted by Crippen LogP contribution is 2.33. The third-order valence-corrected chi connectivity index (χ3v) is 4.67. The van der Waals surface area contributed by atoms with E-state index in [4.69, 9.17) is 4.74 Å². The summed E-state index contributed by atoms with van der Waals surface area (Å²) in [6.45, 7) is 1.71.